The Balaban J connectivity index is 2.59. The number of hydrogen-bond donors (Lipinski definition) is 1. The van der Waals surface area contributed by atoms with Crippen molar-refractivity contribution in [1.82, 2.24) is 5.16 Å². The molecule has 0 atom stereocenters. The maximum Gasteiger partial charge on any atom is 0.341 e. The predicted molar refractivity (Wildman–Crippen MR) is 61.3 cm³/mol. The molecule has 0 aliphatic rings. The number of carbonyl (C=O) groups is 1. The van der Waals surface area contributed by atoms with Crippen molar-refractivity contribution in [2.24, 2.45) is 0 Å². The number of halogens is 1. The maximum absolute atomic E-state index is 10.9. The summed E-state index contributed by atoms with van der Waals surface area (Å²) in [7, 11) is 0. The maximum atomic E-state index is 10.9. The molecular weight excluding hydrogens is 274 g/mol. The number of carboxylic acid groups (broad SMARTS) is 1. The second-order valence-corrected chi connectivity index (χ2v) is 4.21. The molecule has 0 spiro atoms. The molecule has 0 saturated carbocycles. The number of hydrogen-bond acceptors (Lipinski definition) is 3. The van der Waals surface area contributed by atoms with E-state index >= 15 is 0 Å². The highest BCUT2D eigenvalue weighted by molar-refractivity contribution is 9.10. The van der Waals surface area contributed by atoms with E-state index in [9.17, 15) is 4.79 Å². The van der Waals surface area contributed by atoms with Gasteiger partial charge in [0, 0.05) is 10.0 Å². The highest BCUT2D eigenvalue weighted by atomic mass is 79.9. The average Bonchev–Trinajstić information content (AvgIpc) is 2.66. The van der Waals surface area contributed by atoms with Gasteiger partial charge in [0.05, 0.1) is 6.20 Å². The van der Waals surface area contributed by atoms with Crippen LogP contribution in [0.2, 0.25) is 0 Å². The van der Waals surface area contributed by atoms with E-state index in [-0.39, 0.29) is 11.3 Å². The SMILES string of the molecule is Cc1ccc(-c2oncc2C(=O)O)c(Br)c1. The summed E-state index contributed by atoms with van der Waals surface area (Å²) in [5.41, 5.74) is 1.82. The molecule has 2 rings (SSSR count). The predicted octanol–water partition coefficient (Wildman–Crippen LogP) is 3.11. The quantitative estimate of drug-likeness (QED) is 0.919. The Kier molecular flexibility index (Phi) is 2.78. The summed E-state index contributed by atoms with van der Waals surface area (Å²) in [5, 5.41) is 12.5. The Hall–Kier alpha value is -1.62. The van der Waals surface area contributed by atoms with Gasteiger partial charge in [-0.15, -0.1) is 0 Å². The summed E-state index contributed by atoms with van der Waals surface area (Å²) >= 11 is 3.37. The molecule has 1 N–H and O–H groups in total. The van der Waals surface area contributed by atoms with Crippen LogP contribution >= 0.6 is 15.9 Å². The summed E-state index contributed by atoms with van der Waals surface area (Å²) in [6, 6.07) is 5.57. The normalized spacial score (nSPS) is 10.4. The smallest absolute Gasteiger partial charge is 0.341 e. The van der Waals surface area contributed by atoms with Crippen LogP contribution in [0.25, 0.3) is 11.3 Å². The van der Waals surface area contributed by atoms with Crippen molar-refractivity contribution in [3.05, 3.63) is 40.0 Å². The Morgan fingerprint density at radius 3 is 2.88 bits per heavy atom. The molecule has 0 aliphatic carbocycles. The zero-order chi connectivity index (χ0) is 11.7. The van der Waals surface area contributed by atoms with E-state index in [0.717, 1.165) is 10.0 Å². The lowest BCUT2D eigenvalue weighted by atomic mass is 10.1. The first-order valence-corrected chi connectivity index (χ1v) is 5.33. The highest BCUT2D eigenvalue weighted by Crippen LogP contribution is 2.31. The van der Waals surface area contributed by atoms with Crippen molar-refractivity contribution in [3.63, 3.8) is 0 Å². The van der Waals surface area contributed by atoms with Crippen LogP contribution in [0.1, 0.15) is 15.9 Å². The van der Waals surface area contributed by atoms with Gasteiger partial charge >= 0.3 is 5.97 Å². The molecule has 2 aromatic rings. The van der Waals surface area contributed by atoms with Crippen LogP contribution in [-0.4, -0.2) is 16.2 Å². The van der Waals surface area contributed by atoms with Crippen molar-refractivity contribution in [2.75, 3.05) is 0 Å². The second-order valence-electron chi connectivity index (χ2n) is 3.36. The molecule has 0 aliphatic heterocycles. The van der Waals surface area contributed by atoms with Gasteiger partial charge in [-0.1, -0.05) is 27.2 Å². The summed E-state index contributed by atoms with van der Waals surface area (Å²) in [4.78, 5) is 10.9. The van der Waals surface area contributed by atoms with Gasteiger partial charge in [-0.25, -0.2) is 4.79 Å². The van der Waals surface area contributed by atoms with E-state index in [2.05, 4.69) is 21.1 Å². The number of nitrogens with zero attached hydrogens (tertiary/aromatic N) is 1. The lowest BCUT2D eigenvalue weighted by molar-refractivity contribution is 0.0697. The van der Waals surface area contributed by atoms with Gasteiger partial charge < -0.3 is 9.63 Å². The molecule has 5 heteroatoms. The van der Waals surface area contributed by atoms with Crippen molar-refractivity contribution < 1.29 is 14.4 Å². The molecule has 16 heavy (non-hydrogen) atoms. The van der Waals surface area contributed by atoms with Crippen molar-refractivity contribution >= 4 is 21.9 Å². The molecule has 0 radical (unpaired) electrons. The van der Waals surface area contributed by atoms with E-state index < -0.39 is 5.97 Å². The minimum absolute atomic E-state index is 0.0598. The number of benzene rings is 1. The van der Waals surface area contributed by atoms with Crippen LogP contribution < -0.4 is 0 Å². The van der Waals surface area contributed by atoms with Gasteiger partial charge in [-0.2, -0.15) is 0 Å². The number of aromatic carboxylic acids is 1. The molecule has 4 nitrogen and oxygen atoms in total. The lowest BCUT2D eigenvalue weighted by Gasteiger charge is -2.02. The Labute approximate surface area is 100 Å². The first kappa shape index (κ1) is 10.9. The summed E-state index contributed by atoms with van der Waals surface area (Å²) in [6.45, 7) is 1.95. The molecule has 0 amide bonds. The van der Waals surface area contributed by atoms with Crippen LogP contribution in [0.5, 0.6) is 0 Å². The number of aryl methyl sites for hydroxylation is 1. The minimum atomic E-state index is -1.05. The number of aromatic nitrogens is 1. The van der Waals surface area contributed by atoms with E-state index in [1.165, 1.54) is 6.20 Å². The molecule has 0 fully saturated rings. The molecular formula is C11H8BrNO3. The third-order valence-electron chi connectivity index (χ3n) is 2.17. The summed E-state index contributed by atoms with van der Waals surface area (Å²) in [5.74, 6) is -0.789. The van der Waals surface area contributed by atoms with Crippen LogP contribution in [0.3, 0.4) is 0 Å². The first-order chi connectivity index (χ1) is 7.59. The van der Waals surface area contributed by atoms with Crippen LogP contribution in [-0.2, 0) is 0 Å². The van der Waals surface area contributed by atoms with Gasteiger partial charge in [0.1, 0.15) is 5.56 Å². The van der Waals surface area contributed by atoms with Crippen molar-refractivity contribution in [2.45, 2.75) is 6.92 Å². The van der Waals surface area contributed by atoms with Crippen LogP contribution in [0, 0.1) is 6.92 Å². The third kappa shape index (κ3) is 1.86. The monoisotopic (exact) mass is 281 g/mol. The van der Waals surface area contributed by atoms with Crippen molar-refractivity contribution in [1.29, 1.82) is 0 Å². The van der Waals surface area contributed by atoms with Gasteiger partial charge in [-0.05, 0) is 24.6 Å². The minimum Gasteiger partial charge on any atom is -0.477 e. The summed E-state index contributed by atoms with van der Waals surface area (Å²) < 4.78 is 5.76. The second kappa shape index (κ2) is 4.09. The molecule has 0 saturated heterocycles. The fourth-order valence-corrected chi connectivity index (χ4v) is 2.06. The number of rotatable bonds is 2. The van der Waals surface area contributed by atoms with Gasteiger partial charge in [0.15, 0.2) is 5.76 Å². The molecule has 0 bridgehead atoms. The standard InChI is InChI=1S/C11H8BrNO3/c1-6-2-3-7(9(12)4-6)10-8(11(14)15)5-13-16-10/h2-5H,1H3,(H,14,15). The van der Waals surface area contributed by atoms with E-state index in [4.69, 9.17) is 9.63 Å². The fraction of sp³-hybridized carbons (Fsp3) is 0.0909. The zero-order valence-electron chi connectivity index (χ0n) is 8.40. The molecule has 1 aromatic heterocycles. The Bertz CT molecular complexity index is 548. The van der Waals surface area contributed by atoms with Gasteiger partial charge in [-0.3, -0.25) is 0 Å². The average molecular weight is 282 g/mol. The molecule has 1 heterocycles. The van der Waals surface area contributed by atoms with Gasteiger partial charge in [0.25, 0.3) is 0 Å². The Morgan fingerprint density at radius 1 is 1.50 bits per heavy atom. The first-order valence-electron chi connectivity index (χ1n) is 4.54. The Morgan fingerprint density at radius 2 is 2.25 bits per heavy atom. The lowest BCUT2D eigenvalue weighted by Crippen LogP contribution is -1.96. The summed E-state index contributed by atoms with van der Waals surface area (Å²) in [6.07, 6.45) is 1.20. The van der Waals surface area contributed by atoms with E-state index in [1.807, 2.05) is 19.1 Å². The zero-order valence-corrected chi connectivity index (χ0v) is 9.98. The number of carboxylic acids is 1. The molecule has 0 unspecified atom stereocenters. The van der Waals surface area contributed by atoms with E-state index in [1.54, 1.807) is 6.07 Å². The fourth-order valence-electron chi connectivity index (χ4n) is 1.39. The highest BCUT2D eigenvalue weighted by Gasteiger charge is 2.18. The van der Waals surface area contributed by atoms with Crippen LogP contribution in [0.15, 0.2) is 33.4 Å². The largest absolute Gasteiger partial charge is 0.477 e. The van der Waals surface area contributed by atoms with E-state index in [0.29, 0.717) is 5.56 Å². The van der Waals surface area contributed by atoms with Crippen LogP contribution in [0.4, 0.5) is 0 Å². The topological polar surface area (TPSA) is 63.3 Å². The van der Waals surface area contributed by atoms with Crippen molar-refractivity contribution in [3.8, 4) is 11.3 Å². The molecule has 1 aromatic carbocycles. The third-order valence-corrected chi connectivity index (χ3v) is 2.83. The molecule has 82 valence electrons. The van der Waals surface area contributed by atoms with Gasteiger partial charge in [0.2, 0.25) is 0 Å².